The van der Waals surface area contributed by atoms with Crippen LogP contribution in [0.1, 0.15) is 18.4 Å². The third-order valence-corrected chi connectivity index (χ3v) is 3.70. The van der Waals surface area contributed by atoms with E-state index in [1.165, 1.54) is 6.07 Å². The summed E-state index contributed by atoms with van der Waals surface area (Å²) in [5.74, 6) is -0.196. The molecule has 0 spiro atoms. The van der Waals surface area contributed by atoms with E-state index in [9.17, 15) is 15.3 Å². The summed E-state index contributed by atoms with van der Waals surface area (Å²) < 4.78 is 0. The quantitative estimate of drug-likeness (QED) is 0.306. The largest absolute Gasteiger partial charge is 0.507 e. The summed E-state index contributed by atoms with van der Waals surface area (Å²) >= 11 is 0. The van der Waals surface area contributed by atoms with Gasteiger partial charge in [0.2, 0.25) is 0 Å². The molecule has 0 aromatic heterocycles. The Kier molecular flexibility index (Phi) is 5.78. The number of aromatic hydroxyl groups is 3. The molecule has 0 saturated carbocycles. The van der Waals surface area contributed by atoms with Crippen LogP contribution in [0.2, 0.25) is 0 Å². The summed E-state index contributed by atoms with van der Waals surface area (Å²) in [7, 11) is 0. The smallest absolute Gasteiger partial charge is 0.153 e. The van der Waals surface area contributed by atoms with Crippen molar-refractivity contribution in [3.63, 3.8) is 0 Å². The molecular formula is C17H23N3O3. The second kappa shape index (κ2) is 7.80. The van der Waals surface area contributed by atoms with Crippen LogP contribution in [0.5, 0.6) is 17.2 Å². The predicted molar refractivity (Wildman–Crippen MR) is 93.0 cm³/mol. The molecule has 23 heavy (non-hydrogen) atoms. The fourth-order valence-corrected chi connectivity index (χ4v) is 2.43. The second-order valence-electron chi connectivity index (χ2n) is 5.36. The summed E-state index contributed by atoms with van der Waals surface area (Å²) in [6.45, 7) is 3.96. The number of rotatable bonds is 7. The van der Waals surface area contributed by atoms with Gasteiger partial charge in [-0.25, -0.2) is 0 Å². The van der Waals surface area contributed by atoms with Gasteiger partial charge in [-0.1, -0.05) is 12.1 Å². The van der Waals surface area contributed by atoms with Crippen LogP contribution in [0.3, 0.4) is 0 Å². The lowest BCUT2D eigenvalue weighted by atomic mass is 10.0. The Bertz CT molecular complexity index is 714. The Morgan fingerprint density at radius 2 is 1.96 bits per heavy atom. The highest BCUT2D eigenvalue weighted by molar-refractivity contribution is 6.02. The molecule has 0 saturated heterocycles. The molecule has 0 aliphatic heterocycles. The van der Waals surface area contributed by atoms with E-state index in [1.807, 2.05) is 0 Å². The highest BCUT2D eigenvalue weighted by atomic mass is 16.3. The van der Waals surface area contributed by atoms with E-state index in [0.29, 0.717) is 23.9 Å². The summed E-state index contributed by atoms with van der Waals surface area (Å²) in [4.78, 5) is 4.26. The fraction of sp³-hybridized carbons (Fsp3) is 0.353. The zero-order valence-electron chi connectivity index (χ0n) is 13.2. The summed E-state index contributed by atoms with van der Waals surface area (Å²) in [5, 5.41) is 34.4. The first-order valence-corrected chi connectivity index (χ1v) is 7.67. The molecule has 0 heterocycles. The average Bonchev–Trinajstić information content (AvgIpc) is 2.54. The molecule has 124 valence electrons. The van der Waals surface area contributed by atoms with Gasteiger partial charge in [-0.05, 0) is 38.9 Å². The van der Waals surface area contributed by atoms with E-state index in [2.05, 4.69) is 10.3 Å². The van der Waals surface area contributed by atoms with Gasteiger partial charge in [0, 0.05) is 23.7 Å². The number of nitrogens with one attached hydrogen (secondary N) is 1. The fourth-order valence-electron chi connectivity index (χ4n) is 2.43. The zero-order chi connectivity index (χ0) is 16.8. The van der Waals surface area contributed by atoms with Gasteiger partial charge in [-0.2, -0.15) is 0 Å². The predicted octanol–water partition coefficient (Wildman–Crippen LogP) is 2.30. The molecule has 6 heteroatoms. The van der Waals surface area contributed by atoms with Gasteiger partial charge in [0.05, 0.1) is 5.39 Å². The molecule has 0 aliphatic rings. The number of hydrogen-bond donors (Lipinski definition) is 5. The first-order valence-electron chi connectivity index (χ1n) is 7.67. The summed E-state index contributed by atoms with van der Waals surface area (Å²) in [5.41, 5.74) is 6.17. The average molecular weight is 317 g/mol. The van der Waals surface area contributed by atoms with Gasteiger partial charge in [0.15, 0.2) is 5.75 Å². The minimum Gasteiger partial charge on any atom is -0.507 e. The van der Waals surface area contributed by atoms with E-state index in [0.717, 1.165) is 19.5 Å². The van der Waals surface area contributed by atoms with Crippen LogP contribution in [-0.2, 0) is 0 Å². The third kappa shape index (κ3) is 3.72. The van der Waals surface area contributed by atoms with Crippen LogP contribution in [0, 0.1) is 6.92 Å². The van der Waals surface area contributed by atoms with Crippen LogP contribution in [0.25, 0.3) is 10.8 Å². The second-order valence-corrected chi connectivity index (χ2v) is 5.36. The van der Waals surface area contributed by atoms with Crippen molar-refractivity contribution in [2.75, 3.05) is 19.6 Å². The van der Waals surface area contributed by atoms with Gasteiger partial charge < -0.3 is 26.4 Å². The molecule has 2 aromatic rings. The highest BCUT2D eigenvalue weighted by Crippen LogP contribution is 2.47. The van der Waals surface area contributed by atoms with Gasteiger partial charge >= 0.3 is 0 Å². The first-order chi connectivity index (χ1) is 11.1. The van der Waals surface area contributed by atoms with Crippen LogP contribution in [0.15, 0.2) is 23.2 Å². The third-order valence-electron chi connectivity index (χ3n) is 3.70. The maximum atomic E-state index is 10.4. The monoisotopic (exact) mass is 317 g/mol. The SMILES string of the molecule is Cc1c(N=CCCNCCCN)c(O)c2c(O)cccc2c1O. The maximum absolute atomic E-state index is 10.4. The Labute approximate surface area is 135 Å². The van der Waals surface area contributed by atoms with Crippen molar-refractivity contribution in [2.45, 2.75) is 19.8 Å². The molecule has 0 amide bonds. The van der Waals surface area contributed by atoms with Crippen LogP contribution in [0.4, 0.5) is 5.69 Å². The van der Waals surface area contributed by atoms with Gasteiger partial charge in [0.25, 0.3) is 0 Å². The van der Waals surface area contributed by atoms with E-state index in [4.69, 9.17) is 5.73 Å². The molecule has 6 N–H and O–H groups in total. The van der Waals surface area contributed by atoms with Crippen molar-refractivity contribution < 1.29 is 15.3 Å². The molecule has 2 rings (SSSR count). The van der Waals surface area contributed by atoms with Crippen molar-refractivity contribution in [3.05, 3.63) is 23.8 Å². The number of aliphatic imine (C=N–C) groups is 1. The lowest BCUT2D eigenvalue weighted by Gasteiger charge is -2.12. The molecule has 6 nitrogen and oxygen atoms in total. The van der Waals surface area contributed by atoms with E-state index >= 15 is 0 Å². The maximum Gasteiger partial charge on any atom is 0.153 e. The van der Waals surface area contributed by atoms with Crippen molar-refractivity contribution in [3.8, 4) is 17.2 Å². The molecular weight excluding hydrogens is 294 g/mol. The number of fused-ring (bicyclic) bond motifs is 1. The molecule has 0 aliphatic carbocycles. The van der Waals surface area contributed by atoms with Crippen molar-refractivity contribution >= 4 is 22.7 Å². The van der Waals surface area contributed by atoms with Crippen molar-refractivity contribution in [2.24, 2.45) is 10.7 Å². The van der Waals surface area contributed by atoms with Crippen molar-refractivity contribution in [1.29, 1.82) is 0 Å². The number of nitrogens with zero attached hydrogens (tertiary/aromatic N) is 1. The van der Waals surface area contributed by atoms with Gasteiger partial charge in [-0.3, -0.25) is 4.99 Å². The molecule has 2 aromatic carbocycles. The van der Waals surface area contributed by atoms with Crippen LogP contribution < -0.4 is 11.1 Å². The normalized spacial score (nSPS) is 11.6. The van der Waals surface area contributed by atoms with Gasteiger partial charge in [0.1, 0.15) is 17.2 Å². The zero-order valence-corrected chi connectivity index (χ0v) is 13.2. The van der Waals surface area contributed by atoms with E-state index < -0.39 is 0 Å². The van der Waals surface area contributed by atoms with Gasteiger partial charge in [-0.15, -0.1) is 0 Å². The molecule has 0 bridgehead atoms. The summed E-state index contributed by atoms with van der Waals surface area (Å²) in [6, 6.07) is 4.73. The van der Waals surface area contributed by atoms with E-state index in [1.54, 1.807) is 25.3 Å². The molecule has 0 fully saturated rings. The standard InChI is InChI=1S/C17H23N3O3/c1-11-15(20-10-4-9-19-8-3-7-18)17(23)14-12(16(11)22)5-2-6-13(14)21/h2,5-6,10,19,21-23H,3-4,7-9,18H2,1H3. The molecule has 0 atom stereocenters. The Balaban J connectivity index is 2.22. The topological polar surface area (TPSA) is 111 Å². The van der Waals surface area contributed by atoms with Crippen LogP contribution >= 0.6 is 0 Å². The Hall–Kier alpha value is -2.31. The highest BCUT2D eigenvalue weighted by Gasteiger charge is 2.17. The minimum atomic E-state index is -0.124. The first kappa shape index (κ1) is 17.1. The lowest BCUT2D eigenvalue weighted by molar-refractivity contribution is 0.457. The molecule has 0 radical (unpaired) electrons. The van der Waals surface area contributed by atoms with E-state index in [-0.39, 0.29) is 28.3 Å². The number of phenolic OH excluding ortho intramolecular Hbond substituents is 3. The number of benzene rings is 2. The van der Waals surface area contributed by atoms with Crippen molar-refractivity contribution in [1.82, 2.24) is 5.32 Å². The van der Waals surface area contributed by atoms with Crippen LogP contribution in [-0.4, -0.2) is 41.2 Å². The Morgan fingerprint density at radius 1 is 1.17 bits per heavy atom. The minimum absolute atomic E-state index is 0.0157. The molecule has 0 unspecified atom stereocenters. The number of nitrogens with two attached hydrogens (primary N) is 1. The summed E-state index contributed by atoms with van der Waals surface area (Å²) in [6.07, 6.45) is 3.29. The lowest BCUT2D eigenvalue weighted by Crippen LogP contribution is -2.19. The Morgan fingerprint density at radius 3 is 2.70 bits per heavy atom. The number of hydrogen-bond acceptors (Lipinski definition) is 6. The number of phenols is 3.